The molecule has 2 aromatic rings. The zero-order valence-corrected chi connectivity index (χ0v) is 13.9. The summed E-state index contributed by atoms with van der Waals surface area (Å²) in [5.41, 5.74) is 0.749. The number of amides is 1. The van der Waals surface area contributed by atoms with Gasteiger partial charge in [-0.3, -0.25) is 4.79 Å². The Balaban J connectivity index is 1.47. The largest absolute Gasteiger partial charge is 0.491 e. The number of aromatic nitrogens is 2. The molecule has 128 valence electrons. The molecule has 1 fully saturated rings. The van der Waals surface area contributed by atoms with E-state index in [9.17, 15) is 4.79 Å². The van der Waals surface area contributed by atoms with Crippen LogP contribution >= 0.6 is 0 Å². The molecule has 0 spiro atoms. The molecule has 0 saturated carbocycles. The van der Waals surface area contributed by atoms with Crippen molar-refractivity contribution < 1.29 is 14.3 Å². The summed E-state index contributed by atoms with van der Waals surface area (Å²) in [7, 11) is 0. The Labute approximate surface area is 141 Å². The minimum absolute atomic E-state index is 0.0830. The second-order valence-electron chi connectivity index (χ2n) is 5.97. The van der Waals surface area contributed by atoms with E-state index in [1.54, 1.807) is 17.0 Å². The van der Waals surface area contributed by atoms with Crippen LogP contribution in [0.4, 0.5) is 5.69 Å². The maximum atomic E-state index is 12.0. The Morgan fingerprint density at radius 3 is 2.88 bits per heavy atom. The van der Waals surface area contributed by atoms with E-state index in [0.29, 0.717) is 6.61 Å². The summed E-state index contributed by atoms with van der Waals surface area (Å²) in [6, 6.07) is 7.41. The molecule has 1 aliphatic rings. The zero-order chi connectivity index (χ0) is 16.8. The number of hydrogen-bond donors (Lipinski definition) is 1. The van der Waals surface area contributed by atoms with Crippen molar-refractivity contribution in [3.8, 4) is 5.75 Å². The molecule has 6 heteroatoms. The summed E-state index contributed by atoms with van der Waals surface area (Å²) in [5.74, 6) is 1.52. The number of ether oxygens (including phenoxy) is 2. The van der Waals surface area contributed by atoms with Crippen LogP contribution < -0.4 is 10.1 Å². The van der Waals surface area contributed by atoms with E-state index in [1.165, 1.54) is 6.42 Å². The lowest BCUT2D eigenvalue weighted by Crippen LogP contribution is -2.25. The first-order valence-corrected chi connectivity index (χ1v) is 8.33. The minimum atomic E-state index is -0.0830. The number of aryl methyl sites for hydroxylation is 1. The smallest absolute Gasteiger partial charge is 0.244 e. The van der Waals surface area contributed by atoms with Crippen LogP contribution in [0.25, 0.3) is 0 Å². The molecule has 1 saturated heterocycles. The third kappa shape index (κ3) is 4.58. The Kier molecular flexibility index (Phi) is 5.48. The van der Waals surface area contributed by atoms with Crippen LogP contribution in [0.3, 0.4) is 0 Å². The number of nitrogens with zero attached hydrogens (tertiary/aromatic N) is 2. The number of anilines is 1. The molecule has 1 aromatic heterocycles. The summed E-state index contributed by atoms with van der Waals surface area (Å²) < 4.78 is 13.2. The average Bonchev–Trinajstić information content (AvgIpc) is 3.00. The first kappa shape index (κ1) is 16.5. The maximum absolute atomic E-state index is 12.0. The zero-order valence-electron chi connectivity index (χ0n) is 13.9. The molecule has 0 radical (unpaired) electrons. The summed E-state index contributed by atoms with van der Waals surface area (Å²) >= 11 is 0. The number of carbonyl (C=O) groups excluding carboxylic acids is 1. The highest BCUT2D eigenvalue weighted by Gasteiger charge is 2.14. The van der Waals surface area contributed by atoms with E-state index in [-0.39, 0.29) is 18.6 Å². The number of rotatable bonds is 6. The molecule has 2 heterocycles. The van der Waals surface area contributed by atoms with Gasteiger partial charge in [0.1, 0.15) is 24.7 Å². The third-order valence-corrected chi connectivity index (χ3v) is 4.09. The van der Waals surface area contributed by atoms with E-state index >= 15 is 0 Å². The van der Waals surface area contributed by atoms with Crippen molar-refractivity contribution in [2.24, 2.45) is 0 Å². The van der Waals surface area contributed by atoms with E-state index in [2.05, 4.69) is 10.3 Å². The van der Waals surface area contributed by atoms with Gasteiger partial charge in [0.2, 0.25) is 5.91 Å². The van der Waals surface area contributed by atoms with Gasteiger partial charge in [-0.1, -0.05) is 0 Å². The van der Waals surface area contributed by atoms with Crippen molar-refractivity contribution in [2.75, 3.05) is 18.5 Å². The standard InChI is InChI=1S/C18H23N3O3/c1-14-19-9-10-21(14)12-18(22)20-15-5-7-16(8-6-15)24-13-17-4-2-3-11-23-17/h5-10,17H,2-4,11-13H2,1H3,(H,20,22). The highest BCUT2D eigenvalue weighted by atomic mass is 16.5. The number of nitrogens with one attached hydrogen (secondary N) is 1. The van der Waals surface area contributed by atoms with Crippen LogP contribution in [-0.4, -0.2) is 34.8 Å². The predicted molar refractivity (Wildman–Crippen MR) is 91.1 cm³/mol. The quantitative estimate of drug-likeness (QED) is 0.885. The number of imidazole rings is 1. The van der Waals surface area contributed by atoms with Gasteiger partial charge < -0.3 is 19.4 Å². The highest BCUT2D eigenvalue weighted by molar-refractivity contribution is 5.90. The number of benzene rings is 1. The molecule has 24 heavy (non-hydrogen) atoms. The molecule has 1 aliphatic heterocycles. The van der Waals surface area contributed by atoms with Crippen LogP contribution in [0.15, 0.2) is 36.7 Å². The van der Waals surface area contributed by atoms with Crippen molar-refractivity contribution in [1.29, 1.82) is 0 Å². The highest BCUT2D eigenvalue weighted by Crippen LogP contribution is 2.18. The van der Waals surface area contributed by atoms with Crippen LogP contribution in [0, 0.1) is 6.92 Å². The van der Waals surface area contributed by atoms with Crippen LogP contribution in [-0.2, 0) is 16.1 Å². The van der Waals surface area contributed by atoms with Crippen molar-refractivity contribution >= 4 is 11.6 Å². The molecule has 1 aromatic carbocycles. The van der Waals surface area contributed by atoms with E-state index in [0.717, 1.165) is 36.7 Å². The van der Waals surface area contributed by atoms with E-state index < -0.39 is 0 Å². The van der Waals surface area contributed by atoms with Gasteiger partial charge in [0, 0.05) is 24.7 Å². The molecule has 1 N–H and O–H groups in total. The molecule has 0 aliphatic carbocycles. The summed E-state index contributed by atoms with van der Waals surface area (Å²) in [6.45, 7) is 3.53. The third-order valence-electron chi connectivity index (χ3n) is 4.09. The maximum Gasteiger partial charge on any atom is 0.244 e. The van der Waals surface area contributed by atoms with Gasteiger partial charge in [-0.25, -0.2) is 4.98 Å². The van der Waals surface area contributed by atoms with Gasteiger partial charge in [0.25, 0.3) is 0 Å². The predicted octanol–water partition coefficient (Wildman–Crippen LogP) is 2.78. The Morgan fingerprint density at radius 1 is 1.38 bits per heavy atom. The monoisotopic (exact) mass is 329 g/mol. The van der Waals surface area contributed by atoms with Gasteiger partial charge in [-0.15, -0.1) is 0 Å². The lowest BCUT2D eigenvalue weighted by atomic mass is 10.1. The van der Waals surface area contributed by atoms with Gasteiger partial charge in [-0.2, -0.15) is 0 Å². The van der Waals surface area contributed by atoms with Gasteiger partial charge in [-0.05, 0) is 50.5 Å². The van der Waals surface area contributed by atoms with E-state index in [1.807, 2.05) is 31.2 Å². The molecule has 6 nitrogen and oxygen atoms in total. The van der Waals surface area contributed by atoms with Crippen molar-refractivity contribution in [3.63, 3.8) is 0 Å². The Bertz CT molecular complexity index is 660. The van der Waals surface area contributed by atoms with Gasteiger partial charge in [0.05, 0.1) is 6.10 Å². The van der Waals surface area contributed by atoms with Crippen molar-refractivity contribution in [1.82, 2.24) is 9.55 Å². The summed E-state index contributed by atoms with van der Waals surface area (Å²) in [5, 5.41) is 2.87. The molecule has 1 unspecified atom stereocenters. The lowest BCUT2D eigenvalue weighted by molar-refractivity contribution is -0.116. The molecule has 1 atom stereocenters. The SMILES string of the molecule is Cc1nccn1CC(=O)Nc1ccc(OCC2CCCCO2)cc1. The van der Waals surface area contributed by atoms with Gasteiger partial charge in [0.15, 0.2) is 0 Å². The van der Waals surface area contributed by atoms with Gasteiger partial charge >= 0.3 is 0 Å². The van der Waals surface area contributed by atoms with Crippen LogP contribution in [0.5, 0.6) is 5.75 Å². The molecular weight excluding hydrogens is 306 g/mol. The average molecular weight is 329 g/mol. The minimum Gasteiger partial charge on any atom is -0.491 e. The molecular formula is C18H23N3O3. The first-order valence-electron chi connectivity index (χ1n) is 8.33. The fourth-order valence-electron chi connectivity index (χ4n) is 2.69. The summed E-state index contributed by atoms with van der Waals surface area (Å²) in [4.78, 5) is 16.1. The van der Waals surface area contributed by atoms with Crippen LogP contribution in [0.1, 0.15) is 25.1 Å². The molecule has 1 amide bonds. The Hall–Kier alpha value is -2.34. The number of hydrogen-bond acceptors (Lipinski definition) is 4. The topological polar surface area (TPSA) is 65.4 Å². The molecule has 0 bridgehead atoms. The first-order chi connectivity index (χ1) is 11.7. The Morgan fingerprint density at radius 2 is 2.21 bits per heavy atom. The van der Waals surface area contributed by atoms with Crippen LogP contribution in [0.2, 0.25) is 0 Å². The summed E-state index contributed by atoms with van der Waals surface area (Å²) in [6.07, 6.45) is 7.07. The number of carbonyl (C=O) groups is 1. The fourth-order valence-corrected chi connectivity index (χ4v) is 2.69. The van der Waals surface area contributed by atoms with Crippen molar-refractivity contribution in [2.45, 2.75) is 38.8 Å². The normalized spacial score (nSPS) is 17.5. The fraction of sp³-hybridized carbons (Fsp3) is 0.444. The second kappa shape index (κ2) is 7.97. The molecule has 3 rings (SSSR count). The second-order valence-corrected chi connectivity index (χ2v) is 5.97. The van der Waals surface area contributed by atoms with Crippen molar-refractivity contribution in [3.05, 3.63) is 42.5 Å². The van der Waals surface area contributed by atoms with E-state index in [4.69, 9.17) is 9.47 Å². The lowest BCUT2D eigenvalue weighted by Gasteiger charge is -2.22.